The molecule has 1 amide bonds. The van der Waals surface area contributed by atoms with Gasteiger partial charge in [-0.25, -0.2) is 8.42 Å². The number of sulfonamides is 1. The fourth-order valence-corrected chi connectivity index (χ4v) is 5.90. The zero-order valence-corrected chi connectivity index (χ0v) is 17.6. The molecule has 0 saturated carbocycles. The van der Waals surface area contributed by atoms with Gasteiger partial charge in [0, 0.05) is 18.8 Å². The maximum absolute atomic E-state index is 12.8. The number of rotatable bonds is 5. The lowest BCUT2D eigenvalue weighted by Crippen LogP contribution is -2.37. The molecule has 0 aliphatic carbocycles. The van der Waals surface area contributed by atoms with Crippen LogP contribution in [0.15, 0.2) is 40.6 Å². The number of piperidine rings is 1. The van der Waals surface area contributed by atoms with Gasteiger partial charge in [-0.3, -0.25) is 4.79 Å². The maximum Gasteiger partial charge on any atom is 0.265 e. The Morgan fingerprint density at radius 3 is 2.33 bits per heavy atom. The van der Waals surface area contributed by atoms with Crippen molar-refractivity contribution in [3.8, 4) is 0 Å². The number of hydrogen-bond donors (Lipinski definition) is 1. The summed E-state index contributed by atoms with van der Waals surface area (Å²) in [7, 11) is -3.51. The van der Waals surface area contributed by atoms with Crippen molar-refractivity contribution in [3.05, 3.63) is 46.8 Å². The molecule has 0 radical (unpaired) electrons. The average molecular weight is 407 g/mol. The number of carbonyl (C=O) groups excluding carboxylic acids is 1. The molecule has 0 bridgehead atoms. The van der Waals surface area contributed by atoms with Crippen LogP contribution >= 0.6 is 11.3 Å². The van der Waals surface area contributed by atoms with Gasteiger partial charge in [-0.2, -0.15) is 4.31 Å². The highest BCUT2D eigenvalue weighted by Crippen LogP contribution is 2.29. The molecule has 0 unspecified atom stereocenters. The minimum Gasteiger partial charge on any atom is -0.321 e. The summed E-state index contributed by atoms with van der Waals surface area (Å²) in [5, 5.41) is 2.84. The number of thiophene rings is 1. The van der Waals surface area contributed by atoms with Gasteiger partial charge in [0.25, 0.3) is 15.9 Å². The Balaban J connectivity index is 1.70. The zero-order chi connectivity index (χ0) is 19.6. The van der Waals surface area contributed by atoms with E-state index in [1.54, 1.807) is 6.07 Å². The van der Waals surface area contributed by atoms with Crippen LogP contribution in [0.3, 0.4) is 0 Å². The van der Waals surface area contributed by atoms with Crippen molar-refractivity contribution >= 4 is 33.0 Å². The van der Waals surface area contributed by atoms with E-state index in [-0.39, 0.29) is 10.1 Å². The van der Waals surface area contributed by atoms with Gasteiger partial charge in [0.1, 0.15) is 4.21 Å². The fraction of sp³-hybridized carbons (Fsp3) is 0.450. The Morgan fingerprint density at radius 1 is 1.11 bits per heavy atom. The highest BCUT2D eigenvalue weighted by Gasteiger charge is 2.29. The van der Waals surface area contributed by atoms with E-state index in [1.807, 2.05) is 24.3 Å². The highest BCUT2D eigenvalue weighted by molar-refractivity contribution is 7.91. The molecule has 146 valence electrons. The first-order chi connectivity index (χ1) is 12.8. The standard InChI is InChI=1S/C20H26N2O3S2/c1-14(2)16-4-6-17(7-5-16)21-20(23)18-8-9-19(26-18)27(24,25)22-12-10-15(3)11-13-22/h4-9,14-15H,10-13H2,1-3H3,(H,21,23). The van der Waals surface area contributed by atoms with Gasteiger partial charge in [-0.1, -0.05) is 32.9 Å². The van der Waals surface area contributed by atoms with E-state index in [0.29, 0.717) is 35.5 Å². The molecule has 0 atom stereocenters. The molecule has 5 nitrogen and oxygen atoms in total. The third-order valence-electron chi connectivity index (χ3n) is 4.98. The predicted octanol–water partition coefficient (Wildman–Crippen LogP) is 4.54. The number of carbonyl (C=O) groups is 1. The van der Waals surface area contributed by atoms with Crippen LogP contribution in [0.2, 0.25) is 0 Å². The van der Waals surface area contributed by atoms with E-state index in [1.165, 1.54) is 15.9 Å². The lowest BCUT2D eigenvalue weighted by molar-refractivity contribution is 0.103. The van der Waals surface area contributed by atoms with E-state index < -0.39 is 10.0 Å². The number of amides is 1. The van der Waals surface area contributed by atoms with Crippen LogP contribution in [0.1, 0.15) is 54.8 Å². The second kappa shape index (κ2) is 8.12. The molecule has 1 N–H and O–H groups in total. The van der Waals surface area contributed by atoms with Crippen LogP contribution in [0.25, 0.3) is 0 Å². The minimum absolute atomic E-state index is 0.234. The van der Waals surface area contributed by atoms with Crippen molar-refractivity contribution in [1.82, 2.24) is 4.31 Å². The highest BCUT2D eigenvalue weighted by atomic mass is 32.2. The summed E-state index contributed by atoms with van der Waals surface area (Å²) in [5.74, 6) is 0.701. The second-order valence-corrected chi connectivity index (χ2v) is 10.7. The summed E-state index contributed by atoms with van der Waals surface area (Å²) in [6.07, 6.45) is 1.76. The molecule has 27 heavy (non-hydrogen) atoms. The first-order valence-electron chi connectivity index (χ1n) is 9.28. The molecule has 1 saturated heterocycles. The van der Waals surface area contributed by atoms with Gasteiger partial charge in [0.2, 0.25) is 0 Å². The first-order valence-corrected chi connectivity index (χ1v) is 11.5. The van der Waals surface area contributed by atoms with Crippen molar-refractivity contribution in [2.75, 3.05) is 18.4 Å². The minimum atomic E-state index is -3.51. The molecule has 1 aromatic heterocycles. The first kappa shape index (κ1) is 20.0. The lowest BCUT2D eigenvalue weighted by Gasteiger charge is -2.28. The Labute approximate surface area is 165 Å². The van der Waals surface area contributed by atoms with E-state index in [9.17, 15) is 13.2 Å². The molecule has 3 rings (SSSR count). The number of nitrogens with zero attached hydrogens (tertiary/aromatic N) is 1. The molecule has 2 heterocycles. The van der Waals surface area contributed by atoms with Crippen LogP contribution in [-0.4, -0.2) is 31.7 Å². The summed E-state index contributed by atoms with van der Waals surface area (Å²) in [6.45, 7) is 7.47. The van der Waals surface area contributed by atoms with Gasteiger partial charge in [-0.05, 0) is 54.5 Å². The van der Waals surface area contributed by atoms with E-state index >= 15 is 0 Å². The molecule has 1 aliphatic heterocycles. The van der Waals surface area contributed by atoms with Gasteiger partial charge in [0.15, 0.2) is 0 Å². The second-order valence-electron chi connectivity index (χ2n) is 7.44. The van der Waals surface area contributed by atoms with Crippen molar-refractivity contribution in [1.29, 1.82) is 0 Å². The Morgan fingerprint density at radius 2 is 1.74 bits per heavy atom. The summed E-state index contributed by atoms with van der Waals surface area (Å²) in [4.78, 5) is 12.9. The molecular weight excluding hydrogens is 380 g/mol. The van der Waals surface area contributed by atoms with Crippen LogP contribution in [0, 0.1) is 5.92 Å². The molecule has 1 fully saturated rings. The molecule has 2 aromatic rings. The number of anilines is 1. The van der Waals surface area contributed by atoms with Crippen molar-refractivity contribution in [2.45, 2.75) is 43.7 Å². The van der Waals surface area contributed by atoms with Crippen molar-refractivity contribution in [3.63, 3.8) is 0 Å². The predicted molar refractivity (Wildman–Crippen MR) is 110 cm³/mol. The quantitative estimate of drug-likeness (QED) is 0.792. The number of benzene rings is 1. The Bertz CT molecular complexity index is 894. The van der Waals surface area contributed by atoms with Crippen LogP contribution < -0.4 is 5.32 Å². The smallest absolute Gasteiger partial charge is 0.265 e. The SMILES string of the molecule is CC1CCN(S(=O)(=O)c2ccc(C(=O)Nc3ccc(C(C)C)cc3)s2)CC1. The van der Waals surface area contributed by atoms with E-state index in [4.69, 9.17) is 0 Å². The van der Waals surface area contributed by atoms with Gasteiger partial charge < -0.3 is 5.32 Å². The fourth-order valence-electron chi connectivity index (χ4n) is 3.08. The van der Waals surface area contributed by atoms with E-state index in [2.05, 4.69) is 26.1 Å². The lowest BCUT2D eigenvalue weighted by atomic mass is 10.0. The third-order valence-corrected chi connectivity index (χ3v) is 8.43. The molecular formula is C20H26N2O3S2. The summed E-state index contributed by atoms with van der Waals surface area (Å²) in [5.41, 5.74) is 1.90. The normalized spacial score (nSPS) is 16.6. The third kappa shape index (κ3) is 4.59. The van der Waals surface area contributed by atoms with Gasteiger partial charge >= 0.3 is 0 Å². The van der Waals surface area contributed by atoms with Crippen molar-refractivity contribution < 1.29 is 13.2 Å². The van der Waals surface area contributed by atoms with Crippen LogP contribution in [-0.2, 0) is 10.0 Å². The molecule has 1 aliphatic rings. The van der Waals surface area contributed by atoms with Gasteiger partial charge in [0.05, 0.1) is 4.88 Å². The number of nitrogens with one attached hydrogen (secondary N) is 1. The van der Waals surface area contributed by atoms with Crippen molar-refractivity contribution in [2.24, 2.45) is 5.92 Å². The zero-order valence-electron chi connectivity index (χ0n) is 15.9. The van der Waals surface area contributed by atoms with Crippen LogP contribution in [0.5, 0.6) is 0 Å². The van der Waals surface area contributed by atoms with E-state index in [0.717, 1.165) is 24.2 Å². The maximum atomic E-state index is 12.8. The van der Waals surface area contributed by atoms with Gasteiger partial charge in [-0.15, -0.1) is 11.3 Å². The monoisotopic (exact) mass is 406 g/mol. The Hall–Kier alpha value is -1.70. The average Bonchev–Trinajstić information content (AvgIpc) is 3.14. The molecule has 1 aromatic carbocycles. The summed E-state index contributed by atoms with van der Waals surface area (Å²) >= 11 is 1.03. The van der Waals surface area contributed by atoms with Crippen LogP contribution in [0.4, 0.5) is 5.69 Å². The topological polar surface area (TPSA) is 66.5 Å². The molecule has 7 heteroatoms. The summed E-state index contributed by atoms with van der Waals surface area (Å²) in [6, 6.07) is 10.8. The number of hydrogen-bond acceptors (Lipinski definition) is 4. The molecule has 0 spiro atoms. The summed E-state index contributed by atoms with van der Waals surface area (Å²) < 4.78 is 27.4. The Kier molecular flexibility index (Phi) is 6.03. The largest absolute Gasteiger partial charge is 0.321 e.